The number of anilines is 1. The van der Waals surface area contributed by atoms with Gasteiger partial charge in [-0.1, -0.05) is 0 Å². The second-order valence-electron chi connectivity index (χ2n) is 7.33. The Balaban J connectivity index is 1.98. The Morgan fingerprint density at radius 2 is 1.88 bits per heavy atom. The minimum absolute atomic E-state index is 0.0528. The minimum atomic E-state index is -0.709. The maximum atomic E-state index is 12.0. The molecule has 1 aliphatic rings. The van der Waals surface area contributed by atoms with Crippen molar-refractivity contribution in [1.82, 2.24) is 5.32 Å². The van der Waals surface area contributed by atoms with Crippen LogP contribution in [0.25, 0.3) is 0 Å². The highest BCUT2D eigenvalue weighted by Gasteiger charge is 2.37. The average Bonchev–Trinajstić information content (AvgIpc) is 2.54. The molecule has 0 saturated carbocycles. The first kappa shape index (κ1) is 19.0. The number of nitrogens with one attached hydrogen (secondary N) is 1. The summed E-state index contributed by atoms with van der Waals surface area (Å²) < 4.78 is 5.28. The molecule has 1 aliphatic heterocycles. The monoisotopic (exact) mass is 351 g/mol. The summed E-state index contributed by atoms with van der Waals surface area (Å²) in [6.07, 6.45) is 0.574. The second kappa shape index (κ2) is 7.26. The first-order valence-corrected chi connectivity index (χ1v) is 8.26. The van der Waals surface area contributed by atoms with Crippen LogP contribution >= 0.6 is 0 Å². The van der Waals surface area contributed by atoms with Crippen LogP contribution in [-0.2, 0) is 4.74 Å². The number of nitrogens with zero attached hydrogens (tertiary/aromatic N) is 2. The molecule has 2 N–H and O–H groups in total. The number of alkyl carbamates (subject to hydrolysis) is 1. The maximum absolute atomic E-state index is 12.0. The molecule has 0 aromatic heterocycles. The Bertz CT molecular complexity index is 616. The lowest BCUT2D eigenvalue weighted by atomic mass is 9.88. The van der Waals surface area contributed by atoms with Gasteiger partial charge in [0, 0.05) is 30.9 Å². The molecular formula is C17H25N3O5. The number of hydrogen-bond acceptors (Lipinski definition) is 6. The Hall–Kier alpha value is -2.35. The Morgan fingerprint density at radius 1 is 1.32 bits per heavy atom. The van der Waals surface area contributed by atoms with Gasteiger partial charge < -0.3 is 20.1 Å². The molecule has 25 heavy (non-hydrogen) atoms. The van der Waals surface area contributed by atoms with E-state index < -0.39 is 22.2 Å². The van der Waals surface area contributed by atoms with Gasteiger partial charge >= 0.3 is 6.09 Å². The fourth-order valence-electron chi connectivity index (χ4n) is 2.82. The number of hydrogen-bond donors (Lipinski definition) is 2. The quantitative estimate of drug-likeness (QED) is 0.638. The lowest BCUT2D eigenvalue weighted by Gasteiger charge is -2.42. The zero-order chi connectivity index (χ0) is 18.7. The van der Waals surface area contributed by atoms with Crippen LogP contribution in [0.1, 0.15) is 33.6 Å². The first-order valence-electron chi connectivity index (χ1n) is 8.26. The summed E-state index contributed by atoms with van der Waals surface area (Å²) in [6, 6.07) is 6.38. The summed E-state index contributed by atoms with van der Waals surface area (Å²) in [4.78, 5) is 24.4. The van der Waals surface area contributed by atoms with E-state index in [4.69, 9.17) is 4.74 Å². The van der Waals surface area contributed by atoms with Crippen LogP contribution in [0.4, 0.5) is 16.2 Å². The molecule has 1 fully saturated rings. The van der Waals surface area contributed by atoms with E-state index in [1.54, 1.807) is 32.9 Å². The highest BCUT2D eigenvalue weighted by Crippen LogP contribution is 2.28. The van der Waals surface area contributed by atoms with Gasteiger partial charge in [0.15, 0.2) is 0 Å². The van der Waals surface area contributed by atoms with Crippen molar-refractivity contribution in [1.29, 1.82) is 0 Å². The number of piperidine rings is 1. The van der Waals surface area contributed by atoms with Crippen molar-refractivity contribution in [3.05, 3.63) is 34.4 Å². The zero-order valence-corrected chi connectivity index (χ0v) is 14.8. The summed E-state index contributed by atoms with van der Waals surface area (Å²) in [6.45, 7) is 6.43. The van der Waals surface area contributed by atoms with Crippen molar-refractivity contribution in [2.24, 2.45) is 0 Å². The molecule has 0 bridgehead atoms. The summed E-state index contributed by atoms with van der Waals surface area (Å²) in [5, 5.41) is 23.3. The molecular weight excluding hydrogens is 326 g/mol. The van der Waals surface area contributed by atoms with Crippen molar-refractivity contribution in [3.8, 4) is 0 Å². The van der Waals surface area contributed by atoms with Crippen LogP contribution < -0.4 is 10.2 Å². The fraction of sp³-hybridized carbons (Fsp3) is 0.588. The van der Waals surface area contributed by atoms with Crippen LogP contribution in [0, 0.1) is 10.1 Å². The Labute approximate surface area is 146 Å². The number of rotatable bonds is 4. The summed E-state index contributed by atoms with van der Waals surface area (Å²) in [5.41, 5.74) is -0.369. The minimum Gasteiger partial charge on any atom is -0.444 e. The van der Waals surface area contributed by atoms with Crippen LogP contribution in [0.15, 0.2) is 24.3 Å². The molecule has 8 nitrogen and oxygen atoms in total. The number of benzene rings is 1. The molecule has 138 valence electrons. The van der Waals surface area contributed by atoms with Gasteiger partial charge in [-0.05, 0) is 45.7 Å². The van der Waals surface area contributed by atoms with E-state index in [1.807, 2.05) is 0 Å². The van der Waals surface area contributed by atoms with E-state index in [0.29, 0.717) is 25.9 Å². The molecule has 0 unspecified atom stereocenters. The molecule has 1 amide bonds. The van der Waals surface area contributed by atoms with Crippen molar-refractivity contribution in [2.45, 2.75) is 44.8 Å². The standard InChI is InChI=1S/C17H25N3O5/c1-16(2,3)25-15(22)18-17(12-21)8-10-19(11-9-17)13-4-6-14(7-5-13)20(23)24/h4-7,21H,8-12H2,1-3H3,(H,18,22). The van der Waals surface area contributed by atoms with Gasteiger partial charge in [0.05, 0.1) is 17.1 Å². The number of carbonyl (C=O) groups is 1. The number of ether oxygens (including phenoxy) is 1. The number of non-ortho nitro benzene ring substituents is 1. The van der Waals surface area contributed by atoms with Gasteiger partial charge in [0.1, 0.15) is 5.60 Å². The molecule has 1 heterocycles. The van der Waals surface area contributed by atoms with Gasteiger partial charge in [0.2, 0.25) is 0 Å². The van der Waals surface area contributed by atoms with E-state index >= 15 is 0 Å². The molecule has 8 heteroatoms. The number of nitro benzene ring substituents is 1. The maximum Gasteiger partial charge on any atom is 0.408 e. The predicted molar refractivity (Wildman–Crippen MR) is 93.7 cm³/mol. The number of carbonyl (C=O) groups excluding carboxylic acids is 1. The van der Waals surface area contributed by atoms with Crippen molar-refractivity contribution in [3.63, 3.8) is 0 Å². The highest BCUT2D eigenvalue weighted by atomic mass is 16.6. The van der Waals surface area contributed by atoms with Crippen molar-refractivity contribution < 1.29 is 19.6 Å². The molecule has 0 spiro atoms. The number of nitro groups is 1. The Morgan fingerprint density at radius 3 is 2.32 bits per heavy atom. The third-order valence-electron chi connectivity index (χ3n) is 4.21. The fourth-order valence-corrected chi connectivity index (χ4v) is 2.82. The van der Waals surface area contributed by atoms with E-state index in [9.17, 15) is 20.0 Å². The molecule has 2 rings (SSSR count). The van der Waals surface area contributed by atoms with Gasteiger partial charge in [-0.2, -0.15) is 0 Å². The molecule has 1 aromatic carbocycles. The van der Waals surface area contributed by atoms with E-state index in [1.165, 1.54) is 12.1 Å². The van der Waals surface area contributed by atoms with Crippen LogP contribution in [0.2, 0.25) is 0 Å². The van der Waals surface area contributed by atoms with E-state index in [0.717, 1.165) is 5.69 Å². The van der Waals surface area contributed by atoms with Crippen molar-refractivity contribution >= 4 is 17.5 Å². The summed E-state index contributed by atoms with van der Waals surface area (Å²) in [7, 11) is 0. The van der Waals surface area contributed by atoms with Gasteiger partial charge in [-0.3, -0.25) is 10.1 Å². The SMILES string of the molecule is CC(C)(C)OC(=O)NC1(CO)CCN(c2ccc([N+](=O)[O-])cc2)CC1. The molecule has 0 aliphatic carbocycles. The Kier molecular flexibility index (Phi) is 5.52. The van der Waals surface area contributed by atoms with Gasteiger partial charge in [-0.25, -0.2) is 4.79 Å². The number of amides is 1. The van der Waals surface area contributed by atoms with E-state index in [2.05, 4.69) is 10.2 Å². The second-order valence-corrected chi connectivity index (χ2v) is 7.33. The summed E-state index contributed by atoms with van der Waals surface area (Å²) >= 11 is 0. The number of aliphatic hydroxyl groups is 1. The highest BCUT2D eigenvalue weighted by molar-refractivity contribution is 5.69. The molecule has 1 aromatic rings. The normalized spacial score (nSPS) is 17.0. The molecule has 0 radical (unpaired) electrons. The zero-order valence-electron chi connectivity index (χ0n) is 14.8. The molecule has 1 saturated heterocycles. The first-order chi connectivity index (χ1) is 11.6. The third kappa shape index (κ3) is 5.06. The third-order valence-corrected chi connectivity index (χ3v) is 4.21. The lowest BCUT2D eigenvalue weighted by molar-refractivity contribution is -0.384. The topological polar surface area (TPSA) is 105 Å². The smallest absolute Gasteiger partial charge is 0.408 e. The van der Waals surface area contributed by atoms with E-state index in [-0.39, 0.29) is 12.3 Å². The van der Waals surface area contributed by atoms with Gasteiger partial charge in [-0.15, -0.1) is 0 Å². The summed E-state index contributed by atoms with van der Waals surface area (Å²) in [5.74, 6) is 0. The van der Waals surface area contributed by atoms with Crippen molar-refractivity contribution in [2.75, 3.05) is 24.6 Å². The van der Waals surface area contributed by atoms with Crippen LogP contribution in [-0.4, -0.2) is 47.0 Å². The van der Waals surface area contributed by atoms with Crippen LogP contribution in [0.5, 0.6) is 0 Å². The predicted octanol–water partition coefficient (Wildman–Crippen LogP) is 2.45. The number of aliphatic hydroxyl groups excluding tert-OH is 1. The largest absolute Gasteiger partial charge is 0.444 e. The van der Waals surface area contributed by atoms with Crippen LogP contribution in [0.3, 0.4) is 0 Å². The average molecular weight is 351 g/mol. The molecule has 0 atom stereocenters. The lowest BCUT2D eigenvalue weighted by Crippen LogP contribution is -2.58. The van der Waals surface area contributed by atoms with Gasteiger partial charge in [0.25, 0.3) is 5.69 Å².